The zero-order chi connectivity index (χ0) is 27.1. The van der Waals surface area contributed by atoms with Crippen molar-refractivity contribution in [3.63, 3.8) is 0 Å². The number of alkyl halides is 6. The summed E-state index contributed by atoms with van der Waals surface area (Å²) < 4.78 is 82.6. The van der Waals surface area contributed by atoms with Gasteiger partial charge in [0.25, 0.3) is 0 Å². The number of likely N-dealkylation sites (tertiary alicyclic amines) is 1. The molecule has 0 bridgehead atoms. The second kappa shape index (κ2) is 12.0. The third-order valence-electron chi connectivity index (χ3n) is 5.81. The van der Waals surface area contributed by atoms with E-state index in [9.17, 15) is 30.7 Å². The molecule has 0 aromatic carbocycles. The molecule has 0 amide bonds. The average molecular weight is 534 g/mol. The summed E-state index contributed by atoms with van der Waals surface area (Å²) in [5, 5.41) is 14.2. The number of halogens is 7. The first-order chi connectivity index (χ1) is 16.6. The van der Waals surface area contributed by atoms with Crippen molar-refractivity contribution in [1.82, 2.24) is 14.9 Å². The molecule has 4 heterocycles. The summed E-state index contributed by atoms with van der Waals surface area (Å²) in [5.74, 6) is -5.29. The first-order valence-electron chi connectivity index (χ1n) is 10.8. The number of hydrogen-bond donors (Lipinski definition) is 2. The lowest BCUT2D eigenvalue weighted by Gasteiger charge is -2.41. The van der Waals surface area contributed by atoms with E-state index in [4.69, 9.17) is 24.5 Å². The fourth-order valence-electron chi connectivity index (χ4n) is 4.19. The van der Waals surface area contributed by atoms with E-state index in [1.54, 1.807) is 0 Å². The largest absolute Gasteiger partial charge is 0.490 e. The second-order valence-corrected chi connectivity index (χ2v) is 8.40. The number of carbonyl (C=O) groups is 2. The standard InChI is InChI=1S/C16H23FN4O.2C2HF3O2/c17-13-10-18-15(19-11-13)21-7-4-16(12-21)9-14(3-8-22-16)20-5-1-2-6-20;2*3-2(4,5)1(6)7/h10-11,14H,1-9,12H2;2*(H,6,7)/t14-,16-;;/m1../s1. The maximum atomic E-state index is 13.0. The Labute approximate surface area is 200 Å². The van der Waals surface area contributed by atoms with Crippen LogP contribution in [0.5, 0.6) is 0 Å². The first kappa shape index (κ1) is 29.5. The van der Waals surface area contributed by atoms with Crippen molar-refractivity contribution in [3.05, 3.63) is 18.2 Å². The van der Waals surface area contributed by atoms with Crippen molar-refractivity contribution < 1.29 is 55.3 Å². The number of ether oxygens (including phenoxy) is 1. The number of carboxylic acid groups (broad SMARTS) is 2. The fraction of sp³-hybridized carbons (Fsp3) is 0.700. The molecule has 4 rings (SSSR count). The maximum absolute atomic E-state index is 13.0. The minimum absolute atomic E-state index is 0.0662. The maximum Gasteiger partial charge on any atom is 0.490 e. The summed E-state index contributed by atoms with van der Waals surface area (Å²) in [6, 6.07) is 0.658. The molecule has 1 aromatic heterocycles. The first-order valence-corrected chi connectivity index (χ1v) is 10.8. The number of nitrogens with zero attached hydrogens (tertiary/aromatic N) is 4. The van der Waals surface area contributed by atoms with Crippen LogP contribution < -0.4 is 4.90 Å². The highest BCUT2D eigenvalue weighted by Gasteiger charge is 2.45. The van der Waals surface area contributed by atoms with Gasteiger partial charge in [0, 0.05) is 25.7 Å². The lowest BCUT2D eigenvalue weighted by molar-refractivity contribution is -0.193. The summed E-state index contributed by atoms with van der Waals surface area (Å²) in [5.41, 5.74) is -0.0662. The van der Waals surface area contributed by atoms with Crippen molar-refractivity contribution in [2.45, 2.75) is 56.1 Å². The zero-order valence-corrected chi connectivity index (χ0v) is 18.9. The Morgan fingerprint density at radius 2 is 1.47 bits per heavy atom. The molecular formula is C20H25F7N4O5. The van der Waals surface area contributed by atoms with Crippen molar-refractivity contribution >= 4 is 17.9 Å². The van der Waals surface area contributed by atoms with Gasteiger partial charge in [0.15, 0.2) is 5.82 Å². The Morgan fingerprint density at radius 1 is 0.972 bits per heavy atom. The Hall–Kier alpha value is -2.75. The lowest BCUT2D eigenvalue weighted by atomic mass is 9.89. The van der Waals surface area contributed by atoms with Gasteiger partial charge >= 0.3 is 24.3 Å². The van der Waals surface area contributed by atoms with Gasteiger partial charge in [-0.05, 0) is 45.2 Å². The quantitative estimate of drug-likeness (QED) is 0.553. The number of rotatable bonds is 2. The smallest absolute Gasteiger partial charge is 0.475 e. The molecule has 16 heteroatoms. The van der Waals surface area contributed by atoms with Crippen LogP contribution >= 0.6 is 0 Å². The molecule has 0 aliphatic carbocycles. The van der Waals surface area contributed by atoms with E-state index in [1.807, 2.05) is 0 Å². The summed E-state index contributed by atoms with van der Waals surface area (Å²) in [4.78, 5) is 30.8. The van der Waals surface area contributed by atoms with Crippen molar-refractivity contribution in [2.24, 2.45) is 0 Å². The van der Waals surface area contributed by atoms with Crippen LogP contribution in [0, 0.1) is 5.82 Å². The van der Waals surface area contributed by atoms with Crippen LogP contribution in [0.25, 0.3) is 0 Å². The molecule has 2 N–H and O–H groups in total. The predicted molar refractivity (Wildman–Crippen MR) is 109 cm³/mol. The van der Waals surface area contributed by atoms with Gasteiger partial charge < -0.3 is 24.7 Å². The van der Waals surface area contributed by atoms with Crippen LogP contribution in [0.15, 0.2) is 12.4 Å². The van der Waals surface area contributed by atoms with Gasteiger partial charge in [-0.25, -0.2) is 23.9 Å². The number of hydrogen-bond acceptors (Lipinski definition) is 7. The van der Waals surface area contributed by atoms with Crippen LogP contribution in [0.3, 0.4) is 0 Å². The number of aromatic nitrogens is 2. The molecule has 36 heavy (non-hydrogen) atoms. The van der Waals surface area contributed by atoms with Gasteiger partial charge in [0.1, 0.15) is 0 Å². The highest BCUT2D eigenvalue weighted by Crippen LogP contribution is 2.37. The van der Waals surface area contributed by atoms with Gasteiger partial charge in [-0.1, -0.05) is 0 Å². The van der Waals surface area contributed by atoms with Crippen LogP contribution in [0.1, 0.15) is 32.1 Å². The molecule has 1 aromatic rings. The summed E-state index contributed by atoms with van der Waals surface area (Å²) in [6.45, 7) is 5.04. The van der Waals surface area contributed by atoms with Gasteiger partial charge in [-0.3, -0.25) is 0 Å². The molecule has 0 saturated carbocycles. The van der Waals surface area contributed by atoms with Crippen molar-refractivity contribution in [1.29, 1.82) is 0 Å². The third-order valence-corrected chi connectivity index (χ3v) is 5.81. The molecule has 1 spiro atoms. The fourth-order valence-corrected chi connectivity index (χ4v) is 4.19. The van der Waals surface area contributed by atoms with Crippen LogP contribution in [0.4, 0.5) is 36.7 Å². The number of aliphatic carboxylic acids is 2. The second-order valence-electron chi connectivity index (χ2n) is 8.40. The highest BCUT2D eigenvalue weighted by atomic mass is 19.4. The third kappa shape index (κ3) is 8.72. The van der Waals surface area contributed by atoms with E-state index < -0.39 is 24.3 Å². The molecule has 9 nitrogen and oxygen atoms in total. The van der Waals surface area contributed by atoms with E-state index in [2.05, 4.69) is 19.8 Å². The summed E-state index contributed by atoms with van der Waals surface area (Å²) in [6.07, 6.45) is -1.76. The van der Waals surface area contributed by atoms with E-state index in [0.29, 0.717) is 12.0 Å². The summed E-state index contributed by atoms with van der Waals surface area (Å²) >= 11 is 0. The molecule has 2 atom stereocenters. The predicted octanol–water partition coefficient (Wildman–Crippen LogP) is 3.11. The number of anilines is 1. The molecule has 3 aliphatic heterocycles. The molecule has 204 valence electrons. The molecule has 3 aliphatic rings. The van der Waals surface area contributed by atoms with Gasteiger partial charge in [-0.15, -0.1) is 0 Å². The van der Waals surface area contributed by atoms with E-state index in [-0.39, 0.29) is 11.4 Å². The normalized spacial score (nSPS) is 24.5. The molecular weight excluding hydrogens is 509 g/mol. The van der Waals surface area contributed by atoms with Gasteiger partial charge in [0.05, 0.1) is 18.0 Å². The summed E-state index contributed by atoms with van der Waals surface area (Å²) in [7, 11) is 0. The van der Waals surface area contributed by atoms with E-state index in [1.165, 1.54) is 38.3 Å². The van der Waals surface area contributed by atoms with E-state index in [0.717, 1.165) is 39.0 Å². The van der Waals surface area contributed by atoms with Crippen LogP contribution in [-0.2, 0) is 14.3 Å². The number of carboxylic acids is 2. The molecule has 0 unspecified atom stereocenters. The highest BCUT2D eigenvalue weighted by molar-refractivity contribution is 5.73. The average Bonchev–Trinajstić information content (AvgIpc) is 3.45. The van der Waals surface area contributed by atoms with Gasteiger partial charge in [-0.2, -0.15) is 26.3 Å². The van der Waals surface area contributed by atoms with Crippen LogP contribution in [-0.4, -0.2) is 93.8 Å². The minimum Gasteiger partial charge on any atom is -0.475 e. The molecule has 3 fully saturated rings. The lowest BCUT2D eigenvalue weighted by Crippen LogP contribution is -2.49. The minimum atomic E-state index is -5.08. The zero-order valence-electron chi connectivity index (χ0n) is 18.9. The Balaban J connectivity index is 0.000000271. The van der Waals surface area contributed by atoms with Crippen molar-refractivity contribution in [2.75, 3.05) is 37.7 Å². The topological polar surface area (TPSA) is 116 Å². The molecule has 3 saturated heterocycles. The van der Waals surface area contributed by atoms with Gasteiger partial charge in [0.2, 0.25) is 5.95 Å². The molecule has 0 radical (unpaired) electrons. The SMILES string of the molecule is Fc1cnc(N2CC[C@@]3(C[C@H](N4CCCC4)CCO3)C2)nc1.O=C(O)C(F)(F)F.O=C(O)C(F)(F)F. The van der Waals surface area contributed by atoms with E-state index >= 15 is 0 Å². The Bertz CT molecular complexity index is 855. The Morgan fingerprint density at radius 3 is 1.94 bits per heavy atom. The monoisotopic (exact) mass is 534 g/mol. The van der Waals surface area contributed by atoms with Crippen molar-refractivity contribution in [3.8, 4) is 0 Å². The Kier molecular flexibility index (Phi) is 9.82. The van der Waals surface area contributed by atoms with Crippen LogP contribution in [0.2, 0.25) is 0 Å².